The molecule has 0 aliphatic carbocycles. The minimum atomic E-state index is 0.529. The minimum Gasteiger partial charge on any atom is -0.407 e. The Kier molecular flexibility index (Phi) is 4.80. The van der Waals surface area contributed by atoms with Gasteiger partial charge in [0.15, 0.2) is 0 Å². The monoisotopic (exact) mass is 260 g/mol. The van der Waals surface area contributed by atoms with Gasteiger partial charge in [-0.2, -0.15) is 23.5 Å². The molecule has 0 saturated carbocycles. The summed E-state index contributed by atoms with van der Waals surface area (Å²) in [6, 6.07) is 0.529. The maximum Gasteiger partial charge on any atom is 0.315 e. The highest BCUT2D eigenvalue weighted by molar-refractivity contribution is 8.06. The molecule has 1 unspecified atom stereocenters. The third-order valence-electron chi connectivity index (χ3n) is 2.16. The molecule has 90 valence electrons. The van der Waals surface area contributed by atoms with E-state index in [0.29, 0.717) is 23.7 Å². The van der Waals surface area contributed by atoms with Gasteiger partial charge < -0.3 is 15.1 Å². The third-order valence-corrected chi connectivity index (χ3v) is 5.01. The Balaban J connectivity index is 1.75. The predicted molar refractivity (Wildman–Crippen MR) is 69.1 cm³/mol. The Bertz CT molecular complexity index is 314. The number of anilines is 1. The summed E-state index contributed by atoms with van der Waals surface area (Å²) >= 11 is 4.03. The smallest absolute Gasteiger partial charge is 0.315 e. The molecule has 0 bridgehead atoms. The topological polar surface area (TPSA) is 63.0 Å². The lowest BCUT2D eigenvalue weighted by atomic mass is 10.5. The summed E-state index contributed by atoms with van der Waals surface area (Å²) in [6.45, 7) is 1.52. The van der Waals surface area contributed by atoms with E-state index in [0.717, 1.165) is 6.54 Å². The summed E-state index contributed by atoms with van der Waals surface area (Å²) < 4.78 is 5.40. The van der Waals surface area contributed by atoms with Gasteiger partial charge in [-0.05, 0) is 7.05 Å². The predicted octanol–water partition coefficient (Wildman–Crippen LogP) is 1.05. The molecular weight excluding hydrogens is 244 g/mol. The second kappa shape index (κ2) is 6.36. The average Bonchev–Trinajstić information content (AvgIpc) is 2.76. The van der Waals surface area contributed by atoms with Crippen LogP contribution in [0.2, 0.25) is 0 Å². The molecule has 1 aromatic heterocycles. The van der Waals surface area contributed by atoms with Crippen LogP contribution in [0.15, 0.2) is 4.42 Å². The zero-order valence-corrected chi connectivity index (χ0v) is 10.9. The van der Waals surface area contributed by atoms with Crippen molar-refractivity contribution < 1.29 is 4.42 Å². The lowest BCUT2D eigenvalue weighted by Gasteiger charge is -2.20. The fourth-order valence-electron chi connectivity index (χ4n) is 1.40. The van der Waals surface area contributed by atoms with Crippen molar-refractivity contribution in [2.75, 3.05) is 36.2 Å². The van der Waals surface area contributed by atoms with Crippen molar-refractivity contribution in [2.24, 2.45) is 0 Å². The molecule has 1 saturated heterocycles. The van der Waals surface area contributed by atoms with Gasteiger partial charge in [-0.3, -0.25) is 0 Å². The highest BCUT2D eigenvalue weighted by atomic mass is 32.2. The van der Waals surface area contributed by atoms with Crippen LogP contribution in [0.3, 0.4) is 0 Å². The van der Waals surface area contributed by atoms with Crippen molar-refractivity contribution >= 4 is 29.5 Å². The molecule has 2 rings (SSSR count). The van der Waals surface area contributed by atoms with Gasteiger partial charge in [0.1, 0.15) is 0 Å². The van der Waals surface area contributed by atoms with E-state index >= 15 is 0 Å². The van der Waals surface area contributed by atoms with E-state index in [4.69, 9.17) is 4.42 Å². The molecule has 1 aliphatic heterocycles. The third kappa shape index (κ3) is 3.57. The van der Waals surface area contributed by atoms with E-state index in [-0.39, 0.29) is 0 Å². The summed E-state index contributed by atoms with van der Waals surface area (Å²) in [4.78, 5) is 0. The van der Waals surface area contributed by atoms with Gasteiger partial charge in [-0.15, -0.1) is 5.10 Å². The molecule has 16 heavy (non-hydrogen) atoms. The van der Waals surface area contributed by atoms with E-state index < -0.39 is 0 Å². The first-order valence-corrected chi connectivity index (χ1v) is 7.49. The number of nitrogens with one attached hydrogen (secondary N) is 2. The largest absolute Gasteiger partial charge is 0.407 e. The molecule has 1 aromatic rings. The summed E-state index contributed by atoms with van der Waals surface area (Å²) in [5.74, 6) is 4.34. The summed E-state index contributed by atoms with van der Waals surface area (Å²) in [5, 5.41) is 14.7. The zero-order chi connectivity index (χ0) is 11.2. The van der Waals surface area contributed by atoms with E-state index in [1.165, 1.54) is 17.3 Å². The molecule has 1 fully saturated rings. The SMILES string of the molecule is CNCc1nnc(NCC2CSCCS2)o1. The van der Waals surface area contributed by atoms with Gasteiger partial charge in [-0.25, -0.2) is 0 Å². The molecule has 1 atom stereocenters. The Morgan fingerprint density at radius 1 is 1.44 bits per heavy atom. The van der Waals surface area contributed by atoms with Crippen LogP contribution in [0.1, 0.15) is 5.89 Å². The number of nitrogens with zero attached hydrogens (tertiary/aromatic N) is 2. The Labute approximate surface area is 104 Å². The molecule has 0 radical (unpaired) electrons. The summed E-state index contributed by atoms with van der Waals surface area (Å²) in [5.41, 5.74) is 0. The lowest BCUT2D eigenvalue weighted by Crippen LogP contribution is -2.23. The lowest BCUT2D eigenvalue weighted by molar-refractivity contribution is 0.489. The van der Waals surface area contributed by atoms with Crippen LogP contribution in [0.25, 0.3) is 0 Å². The van der Waals surface area contributed by atoms with E-state index in [2.05, 4.69) is 20.8 Å². The standard InChI is InChI=1S/C9H16N4OS2/c1-10-5-8-12-13-9(14-8)11-4-7-6-15-2-3-16-7/h7,10H,2-6H2,1H3,(H,11,13). The first-order chi connectivity index (χ1) is 7.88. The maximum atomic E-state index is 5.40. The molecule has 7 heteroatoms. The first-order valence-electron chi connectivity index (χ1n) is 5.28. The zero-order valence-electron chi connectivity index (χ0n) is 9.23. The van der Waals surface area contributed by atoms with Crippen LogP contribution in [-0.4, -0.2) is 46.3 Å². The Hall–Kier alpha value is -0.400. The van der Waals surface area contributed by atoms with Crippen LogP contribution in [0.5, 0.6) is 0 Å². The number of thioether (sulfide) groups is 2. The highest BCUT2D eigenvalue weighted by Gasteiger charge is 2.15. The van der Waals surface area contributed by atoms with Crippen LogP contribution in [-0.2, 0) is 6.54 Å². The fraction of sp³-hybridized carbons (Fsp3) is 0.778. The van der Waals surface area contributed by atoms with Crippen LogP contribution in [0.4, 0.5) is 6.01 Å². The van der Waals surface area contributed by atoms with Crippen molar-refractivity contribution in [3.8, 4) is 0 Å². The van der Waals surface area contributed by atoms with E-state index in [9.17, 15) is 0 Å². The maximum absolute atomic E-state index is 5.40. The second-order valence-electron chi connectivity index (χ2n) is 3.48. The molecular formula is C9H16N4OS2. The van der Waals surface area contributed by atoms with Gasteiger partial charge in [0.2, 0.25) is 5.89 Å². The van der Waals surface area contributed by atoms with Crippen molar-refractivity contribution in [3.05, 3.63) is 5.89 Å². The van der Waals surface area contributed by atoms with E-state index in [1.807, 2.05) is 30.6 Å². The second-order valence-corrected chi connectivity index (χ2v) is 6.04. The fourth-order valence-corrected chi connectivity index (χ4v) is 4.02. The van der Waals surface area contributed by atoms with Gasteiger partial charge >= 0.3 is 6.01 Å². The molecule has 5 nitrogen and oxygen atoms in total. The van der Waals surface area contributed by atoms with Crippen molar-refractivity contribution in [1.82, 2.24) is 15.5 Å². The summed E-state index contributed by atoms with van der Waals surface area (Å²) in [7, 11) is 1.85. The quantitative estimate of drug-likeness (QED) is 0.820. The number of hydrogen-bond donors (Lipinski definition) is 2. The van der Waals surface area contributed by atoms with Gasteiger partial charge in [-0.1, -0.05) is 5.10 Å². The molecule has 2 N–H and O–H groups in total. The Morgan fingerprint density at radius 3 is 3.12 bits per heavy atom. The highest BCUT2D eigenvalue weighted by Crippen LogP contribution is 2.24. The van der Waals surface area contributed by atoms with Gasteiger partial charge in [0.05, 0.1) is 6.54 Å². The van der Waals surface area contributed by atoms with E-state index in [1.54, 1.807) is 0 Å². The molecule has 1 aliphatic rings. The van der Waals surface area contributed by atoms with Gasteiger partial charge in [0, 0.05) is 29.1 Å². The van der Waals surface area contributed by atoms with Crippen molar-refractivity contribution in [3.63, 3.8) is 0 Å². The Morgan fingerprint density at radius 2 is 2.38 bits per heavy atom. The molecule has 0 aromatic carbocycles. The number of aromatic nitrogens is 2. The van der Waals surface area contributed by atoms with Crippen LogP contribution in [0, 0.1) is 0 Å². The average molecular weight is 260 g/mol. The number of hydrogen-bond acceptors (Lipinski definition) is 7. The minimum absolute atomic E-state index is 0.529. The normalized spacial score (nSPS) is 20.9. The number of rotatable bonds is 5. The first kappa shape index (κ1) is 12.1. The van der Waals surface area contributed by atoms with Crippen LogP contribution < -0.4 is 10.6 Å². The molecule has 0 spiro atoms. The summed E-state index contributed by atoms with van der Waals surface area (Å²) in [6.07, 6.45) is 0. The van der Waals surface area contributed by atoms with Gasteiger partial charge in [0.25, 0.3) is 0 Å². The molecule has 2 heterocycles. The van der Waals surface area contributed by atoms with Crippen molar-refractivity contribution in [2.45, 2.75) is 11.8 Å². The van der Waals surface area contributed by atoms with Crippen molar-refractivity contribution in [1.29, 1.82) is 0 Å². The molecule has 0 amide bonds. The van der Waals surface area contributed by atoms with Crippen LogP contribution >= 0.6 is 23.5 Å².